The van der Waals surface area contributed by atoms with Crippen molar-refractivity contribution in [1.29, 1.82) is 0 Å². The molecule has 1 aromatic carbocycles. The predicted octanol–water partition coefficient (Wildman–Crippen LogP) is 4.04. The second-order valence-electron chi connectivity index (χ2n) is 4.18. The van der Waals surface area contributed by atoms with Crippen molar-refractivity contribution in [2.24, 2.45) is 0 Å². The van der Waals surface area contributed by atoms with E-state index in [0.717, 1.165) is 0 Å². The first-order valence-corrected chi connectivity index (χ1v) is 6.56. The van der Waals surface area contributed by atoms with E-state index in [1.54, 1.807) is 0 Å². The van der Waals surface area contributed by atoms with Crippen LogP contribution in [0.4, 0.5) is 18.9 Å². The highest BCUT2D eigenvalue weighted by atomic mass is 35.5. The number of alkyl halides is 3. The van der Waals surface area contributed by atoms with Crippen LogP contribution in [0, 0.1) is 0 Å². The second kappa shape index (κ2) is 7.04. The molecular formula is C12H13Cl2F3N2O. The summed E-state index contributed by atoms with van der Waals surface area (Å²) in [6.45, 7) is 0.147. The van der Waals surface area contributed by atoms with E-state index in [-0.39, 0.29) is 40.7 Å². The highest BCUT2D eigenvalue weighted by Crippen LogP contribution is 2.28. The van der Waals surface area contributed by atoms with Crippen LogP contribution < -0.4 is 11.1 Å². The molecule has 0 aliphatic heterocycles. The third kappa shape index (κ3) is 5.46. The lowest BCUT2D eigenvalue weighted by Crippen LogP contribution is -2.24. The zero-order valence-corrected chi connectivity index (χ0v) is 11.9. The van der Waals surface area contributed by atoms with Crippen molar-refractivity contribution >= 4 is 34.8 Å². The molecule has 0 heterocycles. The lowest BCUT2D eigenvalue weighted by atomic mass is 10.2. The van der Waals surface area contributed by atoms with Crippen LogP contribution in [0.1, 0.15) is 29.6 Å². The SMILES string of the molecule is Nc1c(Cl)cc(C(=O)NCCCCC(F)(F)F)cc1Cl. The molecule has 0 fully saturated rings. The van der Waals surface area contributed by atoms with E-state index in [1.165, 1.54) is 12.1 Å². The maximum Gasteiger partial charge on any atom is 0.389 e. The van der Waals surface area contributed by atoms with Gasteiger partial charge in [0, 0.05) is 18.5 Å². The van der Waals surface area contributed by atoms with E-state index in [1.807, 2.05) is 0 Å². The number of nitrogens with one attached hydrogen (secondary N) is 1. The maximum atomic E-state index is 11.9. The van der Waals surface area contributed by atoms with Crippen molar-refractivity contribution in [2.75, 3.05) is 12.3 Å². The van der Waals surface area contributed by atoms with Crippen LogP contribution in [0.2, 0.25) is 10.0 Å². The Morgan fingerprint density at radius 3 is 2.25 bits per heavy atom. The zero-order chi connectivity index (χ0) is 15.3. The summed E-state index contributed by atoms with van der Waals surface area (Å²) in [5.74, 6) is -0.458. The number of unbranched alkanes of at least 4 members (excludes halogenated alkanes) is 1. The number of anilines is 1. The molecule has 0 bridgehead atoms. The van der Waals surface area contributed by atoms with Crippen LogP contribution in [0.5, 0.6) is 0 Å². The zero-order valence-electron chi connectivity index (χ0n) is 10.4. The Morgan fingerprint density at radius 1 is 1.20 bits per heavy atom. The van der Waals surface area contributed by atoms with Gasteiger partial charge in [0.1, 0.15) is 0 Å². The summed E-state index contributed by atoms with van der Waals surface area (Å²) in [5, 5.41) is 2.80. The minimum Gasteiger partial charge on any atom is -0.396 e. The van der Waals surface area contributed by atoms with Crippen molar-refractivity contribution in [1.82, 2.24) is 5.32 Å². The van der Waals surface area contributed by atoms with Crippen LogP contribution in [0.3, 0.4) is 0 Å². The fourth-order valence-electron chi connectivity index (χ4n) is 1.47. The third-order valence-corrected chi connectivity index (χ3v) is 3.14. The van der Waals surface area contributed by atoms with Gasteiger partial charge in [-0.2, -0.15) is 13.2 Å². The molecule has 0 unspecified atom stereocenters. The molecule has 20 heavy (non-hydrogen) atoms. The van der Waals surface area contributed by atoms with Gasteiger partial charge in [-0.1, -0.05) is 23.2 Å². The van der Waals surface area contributed by atoms with Gasteiger partial charge in [-0.3, -0.25) is 4.79 Å². The van der Waals surface area contributed by atoms with Gasteiger partial charge in [-0.15, -0.1) is 0 Å². The van der Waals surface area contributed by atoms with Gasteiger partial charge in [0.05, 0.1) is 15.7 Å². The molecule has 0 saturated heterocycles. The summed E-state index contributed by atoms with van der Waals surface area (Å²) < 4.78 is 35.7. The van der Waals surface area contributed by atoms with Gasteiger partial charge in [-0.05, 0) is 25.0 Å². The summed E-state index contributed by atoms with van der Waals surface area (Å²) >= 11 is 11.6. The summed E-state index contributed by atoms with van der Waals surface area (Å²) in [5.41, 5.74) is 5.92. The number of rotatable bonds is 5. The average Bonchev–Trinajstić information content (AvgIpc) is 2.33. The predicted molar refractivity (Wildman–Crippen MR) is 73.1 cm³/mol. The monoisotopic (exact) mass is 328 g/mol. The number of carbonyl (C=O) groups is 1. The fourth-order valence-corrected chi connectivity index (χ4v) is 1.96. The Bertz CT molecular complexity index is 469. The van der Waals surface area contributed by atoms with Crippen molar-refractivity contribution < 1.29 is 18.0 Å². The first kappa shape index (κ1) is 16.9. The van der Waals surface area contributed by atoms with E-state index in [2.05, 4.69) is 5.32 Å². The second-order valence-corrected chi connectivity index (χ2v) is 5.00. The summed E-state index contributed by atoms with van der Waals surface area (Å²) in [6, 6.07) is 2.71. The topological polar surface area (TPSA) is 55.1 Å². The van der Waals surface area contributed by atoms with Gasteiger partial charge in [0.25, 0.3) is 5.91 Å². The third-order valence-electron chi connectivity index (χ3n) is 2.51. The van der Waals surface area contributed by atoms with E-state index in [0.29, 0.717) is 0 Å². The molecule has 112 valence electrons. The van der Waals surface area contributed by atoms with Crippen LogP contribution in [-0.2, 0) is 0 Å². The van der Waals surface area contributed by atoms with Crippen LogP contribution >= 0.6 is 23.2 Å². The molecule has 8 heteroatoms. The molecule has 3 nitrogen and oxygen atoms in total. The van der Waals surface area contributed by atoms with Gasteiger partial charge < -0.3 is 11.1 Å². The minimum atomic E-state index is -4.16. The minimum absolute atomic E-state index is 0.0347. The van der Waals surface area contributed by atoms with E-state index in [9.17, 15) is 18.0 Å². The Balaban J connectivity index is 2.44. The highest BCUT2D eigenvalue weighted by molar-refractivity contribution is 6.39. The molecule has 0 saturated carbocycles. The average molecular weight is 329 g/mol. The number of nitrogens with two attached hydrogens (primary N) is 1. The van der Waals surface area contributed by atoms with Crippen LogP contribution in [-0.4, -0.2) is 18.6 Å². The van der Waals surface area contributed by atoms with Crippen LogP contribution in [0.15, 0.2) is 12.1 Å². The quantitative estimate of drug-likeness (QED) is 0.633. The van der Waals surface area contributed by atoms with Crippen LogP contribution in [0.25, 0.3) is 0 Å². The normalized spacial score (nSPS) is 11.4. The number of halogens is 5. The van der Waals surface area contributed by atoms with Crippen molar-refractivity contribution in [2.45, 2.75) is 25.4 Å². The summed E-state index contributed by atoms with van der Waals surface area (Å²) in [7, 11) is 0. The first-order valence-electron chi connectivity index (χ1n) is 5.80. The molecule has 3 N–H and O–H groups in total. The number of benzene rings is 1. The highest BCUT2D eigenvalue weighted by Gasteiger charge is 2.25. The van der Waals surface area contributed by atoms with Crippen molar-refractivity contribution in [3.8, 4) is 0 Å². The Morgan fingerprint density at radius 2 is 1.75 bits per heavy atom. The fraction of sp³-hybridized carbons (Fsp3) is 0.417. The molecule has 0 aliphatic carbocycles. The Hall–Kier alpha value is -1.14. The van der Waals surface area contributed by atoms with Gasteiger partial charge >= 0.3 is 6.18 Å². The number of hydrogen-bond acceptors (Lipinski definition) is 2. The summed E-state index contributed by atoms with van der Waals surface area (Å²) in [6.07, 6.45) is -4.82. The van der Waals surface area contributed by atoms with E-state index in [4.69, 9.17) is 28.9 Å². The van der Waals surface area contributed by atoms with Gasteiger partial charge in [-0.25, -0.2) is 0 Å². The van der Waals surface area contributed by atoms with Gasteiger partial charge in [0.2, 0.25) is 0 Å². The Kier molecular flexibility index (Phi) is 5.95. The molecule has 0 atom stereocenters. The van der Waals surface area contributed by atoms with E-state index >= 15 is 0 Å². The summed E-state index contributed by atoms with van der Waals surface area (Å²) in [4.78, 5) is 11.7. The maximum absolute atomic E-state index is 11.9. The van der Waals surface area contributed by atoms with Crippen molar-refractivity contribution in [3.63, 3.8) is 0 Å². The molecule has 0 aliphatic rings. The number of carbonyl (C=O) groups excluding carboxylic acids is 1. The van der Waals surface area contributed by atoms with Gasteiger partial charge in [0.15, 0.2) is 0 Å². The first-order chi connectivity index (χ1) is 9.20. The standard InChI is InChI=1S/C12H13Cl2F3N2O/c13-8-5-7(6-9(14)10(8)18)11(20)19-4-2-1-3-12(15,16)17/h5-6H,1-4,18H2,(H,19,20). The molecule has 0 radical (unpaired) electrons. The Labute approximate surface area is 124 Å². The molecule has 0 aromatic heterocycles. The lowest BCUT2D eigenvalue weighted by molar-refractivity contribution is -0.135. The van der Waals surface area contributed by atoms with E-state index < -0.39 is 18.5 Å². The van der Waals surface area contributed by atoms with Crippen molar-refractivity contribution in [3.05, 3.63) is 27.7 Å². The largest absolute Gasteiger partial charge is 0.396 e. The number of nitrogen functional groups attached to an aromatic ring is 1. The number of hydrogen-bond donors (Lipinski definition) is 2. The smallest absolute Gasteiger partial charge is 0.389 e. The molecule has 1 rings (SSSR count). The molecule has 1 aromatic rings. The molecular weight excluding hydrogens is 316 g/mol. The molecule has 0 spiro atoms. The lowest BCUT2D eigenvalue weighted by Gasteiger charge is -2.09. The molecule has 1 amide bonds. The number of amides is 1.